The van der Waals surface area contributed by atoms with Gasteiger partial charge in [-0.15, -0.1) is 23.5 Å². The number of nitrogens with one attached hydrogen (secondary N) is 1. The Balaban J connectivity index is 1.54. The number of carbonyl (C=O) groups is 1. The highest BCUT2D eigenvalue weighted by molar-refractivity contribution is 7.99. The summed E-state index contributed by atoms with van der Waals surface area (Å²) in [6.45, 7) is 2.06. The van der Waals surface area contributed by atoms with Gasteiger partial charge in [0.25, 0.3) is 0 Å². The Kier molecular flexibility index (Phi) is 5.48. The number of aromatic nitrogens is 2. The molecule has 0 spiro atoms. The van der Waals surface area contributed by atoms with Crippen molar-refractivity contribution in [2.24, 2.45) is 0 Å². The van der Waals surface area contributed by atoms with E-state index in [0.29, 0.717) is 5.75 Å². The highest BCUT2D eigenvalue weighted by atomic mass is 32.2. The minimum Gasteiger partial charge on any atom is -0.324 e. The molecule has 0 aliphatic carbocycles. The van der Waals surface area contributed by atoms with Crippen LogP contribution in [0.4, 0.5) is 5.69 Å². The number of imidazole rings is 1. The zero-order valence-corrected chi connectivity index (χ0v) is 15.3. The number of para-hydroxylation sites is 1. The number of benzene rings is 1. The Hall–Kier alpha value is -1.92. The maximum atomic E-state index is 12.1. The van der Waals surface area contributed by atoms with Crippen LogP contribution in [0, 0.1) is 6.92 Å². The van der Waals surface area contributed by atoms with Crippen LogP contribution in [0.15, 0.2) is 53.7 Å². The molecule has 0 aliphatic rings. The molecule has 0 atom stereocenters. The lowest BCUT2D eigenvalue weighted by molar-refractivity contribution is -0.113. The molecule has 0 saturated heterocycles. The van der Waals surface area contributed by atoms with Crippen molar-refractivity contribution in [1.29, 1.82) is 0 Å². The van der Waals surface area contributed by atoms with Crippen LogP contribution in [0.3, 0.4) is 0 Å². The molecule has 2 heterocycles. The Morgan fingerprint density at radius 2 is 2.04 bits per heavy atom. The van der Waals surface area contributed by atoms with Gasteiger partial charge in [-0.3, -0.25) is 4.79 Å². The molecule has 1 aromatic carbocycles. The summed E-state index contributed by atoms with van der Waals surface area (Å²) < 4.78 is 2.03. The van der Waals surface area contributed by atoms with Gasteiger partial charge in [-0.2, -0.15) is 0 Å². The average Bonchev–Trinajstić information content (AvgIpc) is 2.97. The molecule has 0 fully saturated rings. The number of thioether (sulfide) groups is 2. The third kappa shape index (κ3) is 4.13. The lowest BCUT2D eigenvalue weighted by atomic mass is 10.3. The van der Waals surface area contributed by atoms with Crippen molar-refractivity contribution < 1.29 is 4.79 Å². The first-order chi connectivity index (χ1) is 11.7. The van der Waals surface area contributed by atoms with Crippen molar-refractivity contribution in [3.05, 3.63) is 60.0 Å². The molecule has 0 unspecified atom stereocenters. The van der Waals surface area contributed by atoms with E-state index in [1.165, 1.54) is 5.56 Å². The van der Waals surface area contributed by atoms with Crippen LogP contribution in [0.2, 0.25) is 0 Å². The van der Waals surface area contributed by atoms with Crippen molar-refractivity contribution in [1.82, 2.24) is 9.38 Å². The van der Waals surface area contributed by atoms with E-state index < -0.39 is 0 Å². The number of hydrogen-bond donors (Lipinski definition) is 1. The number of pyridine rings is 1. The molecule has 2 aromatic heterocycles. The van der Waals surface area contributed by atoms with Crippen LogP contribution in [0.5, 0.6) is 0 Å². The quantitative estimate of drug-likeness (QED) is 0.671. The third-order valence-electron chi connectivity index (χ3n) is 3.51. The summed E-state index contributed by atoms with van der Waals surface area (Å²) in [5.41, 5.74) is 4.00. The van der Waals surface area contributed by atoms with E-state index in [4.69, 9.17) is 0 Å². The number of carbonyl (C=O) groups excluding carboxylic acids is 1. The summed E-state index contributed by atoms with van der Waals surface area (Å²) in [6, 6.07) is 11.9. The van der Waals surface area contributed by atoms with Crippen molar-refractivity contribution >= 4 is 40.8 Å². The van der Waals surface area contributed by atoms with Gasteiger partial charge in [-0.25, -0.2) is 4.98 Å². The number of fused-ring (bicyclic) bond motifs is 1. The maximum absolute atomic E-state index is 12.1. The number of amides is 1. The second-order valence-corrected chi connectivity index (χ2v) is 7.28. The van der Waals surface area contributed by atoms with Gasteiger partial charge < -0.3 is 9.72 Å². The molecule has 124 valence electrons. The fraction of sp³-hybridized carbons (Fsp3) is 0.222. The van der Waals surface area contributed by atoms with Crippen LogP contribution in [0.25, 0.3) is 5.65 Å². The zero-order chi connectivity index (χ0) is 16.9. The van der Waals surface area contributed by atoms with E-state index in [1.807, 2.05) is 47.2 Å². The molecule has 4 nitrogen and oxygen atoms in total. The second kappa shape index (κ2) is 7.77. The number of rotatable bonds is 6. The van der Waals surface area contributed by atoms with Gasteiger partial charge in [-0.1, -0.05) is 18.2 Å². The average molecular weight is 358 g/mol. The van der Waals surface area contributed by atoms with Crippen molar-refractivity contribution in [2.45, 2.75) is 17.6 Å². The number of hydrogen-bond acceptors (Lipinski definition) is 4. The van der Waals surface area contributed by atoms with Crippen LogP contribution in [-0.4, -0.2) is 27.3 Å². The summed E-state index contributed by atoms with van der Waals surface area (Å²) in [4.78, 5) is 17.8. The van der Waals surface area contributed by atoms with Gasteiger partial charge in [0.15, 0.2) is 0 Å². The number of nitrogens with zero attached hydrogens (tertiary/aromatic N) is 2. The van der Waals surface area contributed by atoms with Crippen LogP contribution in [0.1, 0.15) is 11.3 Å². The van der Waals surface area contributed by atoms with E-state index in [2.05, 4.69) is 29.5 Å². The fourth-order valence-corrected chi connectivity index (χ4v) is 3.67. The SMILES string of the molecule is CSc1ccccc1NC(=O)CSCc1cn2cc(C)ccc2n1. The zero-order valence-electron chi connectivity index (χ0n) is 13.7. The molecule has 3 aromatic rings. The first-order valence-corrected chi connectivity index (χ1v) is 9.98. The first-order valence-electron chi connectivity index (χ1n) is 7.60. The predicted octanol–water partition coefficient (Wildman–Crippen LogP) is 4.24. The minimum atomic E-state index is 0.0149. The fourth-order valence-electron chi connectivity index (χ4n) is 2.41. The largest absolute Gasteiger partial charge is 0.324 e. The molecule has 1 N–H and O–H groups in total. The van der Waals surface area contributed by atoms with Crippen molar-refractivity contribution in [3.63, 3.8) is 0 Å². The van der Waals surface area contributed by atoms with Crippen molar-refractivity contribution in [2.75, 3.05) is 17.3 Å². The van der Waals surface area contributed by atoms with E-state index in [-0.39, 0.29) is 5.91 Å². The molecule has 24 heavy (non-hydrogen) atoms. The normalized spacial score (nSPS) is 10.9. The molecule has 3 rings (SSSR count). The summed E-state index contributed by atoms with van der Waals surface area (Å²) in [6.07, 6.45) is 6.09. The predicted molar refractivity (Wildman–Crippen MR) is 103 cm³/mol. The molecule has 0 saturated carbocycles. The summed E-state index contributed by atoms with van der Waals surface area (Å²) in [5.74, 6) is 1.15. The van der Waals surface area contributed by atoms with Gasteiger partial charge in [0.2, 0.25) is 5.91 Å². The lowest BCUT2D eigenvalue weighted by Gasteiger charge is -2.08. The third-order valence-corrected chi connectivity index (χ3v) is 5.28. The Morgan fingerprint density at radius 1 is 1.21 bits per heavy atom. The molecule has 1 amide bonds. The molecule has 0 radical (unpaired) electrons. The Labute approximate surface area is 150 Å². The van der Waals surface area contributed by atoms with Crippen LogP contribution < -0.4 is 5.32 Å². The van der Waals surface area contributed by atoms with E-state index >= 15 is 0 Å². The molecular formula is C18H19N3OS2. The Bertz CT molecular complexity index is 860. The highest BCUT2D eigenvalue weighted by Crippen LogP contribution is 2.24. The smallest absolute Gasteiger partial charge is 0.234 e. The molecule has 6 heteroatoms. The van der Waals surface area contributed by atoms with E-state index in [0.717, 1.165) is 27.7 Å². The monoisotopic (exact) mass is 357 g/mol. The van der Waals surface area contributed by atoms with Gasteiger partial charge in [0, 0.05) is 23.0 Å². The topological polar surface area (TPSA) is 46.4 Å². The van der Waals surface area contributed by atoms with E-state index in [9.17, 15) is 4.79 Å². The number of anilines is 1. The standard InChI is InChI=1S/C18H19N3OS2/c1-13-7-8-17-19-14(10-21(17)9-13)11-24-12-18(22)20-15-5-3-4-6-16(15)23-2/h3-10H,11-12H2,1-2H3,(H,20,22). The highest BCUT2D eigenvalue weighted by Gasteiger charge is 2.07. The molecule has 0 aliphatic heterocycles. The van der Waals surface area contributed by atoms with E-state index in [1.54, 1.807) is 23.5 Å². The van der Waals surface area contributed by atoms with Crippen molar-refractivity contribution in [3.8, 4) is 0 Å². The minimum absolute atomic E-state index is 0.0149. The molecule has 0 bridgehead atoms. The molecular weight excluding hydrogens is 338 g/mol. The van der Waals surface area contributed by atoms with Gasteiger partial charge in [0.05, 0.1) is 17.1 Å². The van der Waals surface area contributed by atoms with Gasteiger partial charge in [0.1, 0.15) is 5.65 Å². The summed E-state index contributed by atoms with van der Waals surface area (Å²) in [5, 5.41) is 2.98. The van der Waals surface area contributed by atoms with Crippen LogP contribution in [-0.2, 0) is 10.5 Å². The lowest BCUT2D eigenvalue weighted by Crippen LogP contribution is -2.14. The van der Waals surface area contributed by atoms with Gasteiger partial charge in [-0.05, 0) is 36.9 Å². The summed E-state index contributed by atoms with van der Waals surface area (Å²) in [7, 11) is 0. The Morgan fingerprint density at radius 3 is 2.88 bits per heavy atom. The summed E-state index contributed by atoms with van der Waals surface area (Å²) >= 11 is 3.20. The second-order valence-electron chi connectivity index (χ2n) is 5.45. The number of aryl methyl sites for hydroxylation is 1. The van der Waals surface area contributed by atoms with Gasteiger partial charge >= 0.3 is 0 Å². The van der Waals surface area contributed by atoms with Crippen LogP contribution >= 0.6 is 23.5 Å². The maximum Gasteiger partial charge on any atom is 0.234 e. The first kappa shape index (κ1) is 16.9.